The molecule has 0 aliphatic carbocycles. The molecule has 21 heavy (non-hydrogen) atoms. The van der Waals surface area contributed by atoms with Crippen LogP contribution in [0.15, 0.2) is 29.0 Å². The van der Waals surface area contributed by atoms with Crippen LogP contribution in [-0.4, -0.2) is 34.7 Å². The number of amides is 1. The summed E-state index contributed by atoms with van der Waals surface area (Å²) in [6, 6.07) is 2.06. The fraction of sp³-hybridized carbons (Fsp3) is 0.500. The van der Waals surface area contributed by atoms with Gasteiger partial charge in [0.2, 0.25) is 0 Å². The van der Waals surface area contributed by atoms with E-state index in [1.807, 2.05) is 45.9 Å². The van der Waals surface area contributed by atoms with Gasteiger partial charge in [-0.25, -0.2) is 4.79 Å². The number of aromatic nitrogens is 1. The molecule has 0 saturated carbocycles. The van der Waals surface area contributed by atoms with Crippen LogP contribution in [0.25, 0.3) is 6.08 Å². The first-order chi connectivity index (χ1) is 9.69. The van der Waals surface area contributed by atoms with Crippen molar-refractivity contribution in [1.82, 2.24) is 9.88 Å². The number of hydrogen-bond acceptors (Lipinski definition) is 3. The highest BCUT2D eigenvalue weighted by atomic mass is 79.9. The predicted molar refractivity (Wildman–Crippen MR) is 89.0 cm³/mol. The minimum absolute atomic E-state index is 0.0659. The molecule has 1 unspecified atom stereocenters. The maximum atomic E-state index is 11.9. The lowest BCUT2D eigenvalue weighted by molar-refractivity contribution is 0.0238. The molecule has 1 amide bonds. The van der Waals surface area contributed by atoms with Gasteiger partial charge >= 0.3 is 6.09 Å². The third kappa shape index (κ3) is 6.76. The summed E-state index contributed by atoms with van der Waals surface area (Å²) in [7, 11) is 1.76. The molecule has 116 valence electrons. The Kier molecular flexibility index (Phi) is 6.40. The molecule has 1 atom stereocenters. The first kappa shape index (κ1) is 17.7. The van der Waals surface area contributed by atoms with Crippen LogP contribution in [0.3, 0.4) is 0 Å². The summed E-state index contributed by atoms with van der Waals surface area (Å²) in [5.41, 5.74) is 0.555. The summed E-state index contributed by atoms with van der Waals surface area (Å²) in [5.74, 6) is 0. The number of nitrogens with zero attached hydrogens (tertiary/aromatic N) is 2. The molecule has 0 fully saturated rings. The first-order valence-electron chi connectivity index (χ1n) is 6.92. The van der Waals surface area contributed by atoms with E-state index < -0.39 is 5.60 Å². The molecule has 5 heteroatoms. The average molecular weight is 355 g/mol. The number of carbonyl (C=O) groups excluding carboxylic acids is 1. The molecule has 1 aromatic heterocycles. The van der Waals surface area contributed by atoms with E-state index in [4.69, 9.17) is 4.74 Å². The van der Waals surface area contributed by atoms with Crippen LogP contribution in [-0.2, 0) is 4.74 Å². The maximum Gasteiger partial charge on any atom is 0.410 e. The molecule has 1 rings (SSSR count). The molecule has 0 radical (unpaired) electrons. The van der Waals surface area contributed by atoms with Crippen molar-refractivity contribution >= 4 is 28.1 Å². The third-order valence-electron chi connectivity index (χ3n) is 2.86. The van der Waals surface area contributed by atoms with Gasteiger partial charge in [0.25, 0.3) is 0 Å². The van der Waals surface area contributed by atoms with Crippen molar-refractivity contribution in [3.63, 3.8) is 0 Å². The van der Waals surface area contributed by atoms with Crippen molar-refractivity contribution in [3.05, 3.63) is 34.6 Å². The Bertz CT molecular complexity index is 509. The standard InChI is InChI=1S/C16H23BrN2O2/c1-12(19(5)15(20)21-16(2,3)4)7-6-8-13-9-14(17)11-18-10-13/h6,8-12H,7H2,1-5H3. The van der Waals surface area contributed by atoms with Crippen molar-refractivity contribution in [2.45, 2.75) is 45.8 Å². The molecule has 0 saturated heterocycles. The molecule has 0 aromatic carbocycles. The van der Waals surface area contributed by atoms with E-state index in [0.29, 0.717) is 0 Å². The number of ether oxygens (including phenoxy) is 1. The van der Waals surface area contributed by atoms with Gasteiger partial charge < -0.3 is 9.64 Å². The topological polar surface area (TPSA) is 42.4 Å². The number of rotatable bonds is 4. The van der Waals surface area contributed by atoms with E-state index in [2.05, 4.69) is 20.9 Å². The Balaban J connectivity index is 2.53. The Labute approximate surface area is 135 Å². The Hall–Kier alpha value is -1.36. The van der Waals surface area contributed by atoms with Crippen molar-refractivity contribution in [2.24, 2.45) is 0 Å². The van der Waals surface area contributed by atoms with Crippen LogP contribution >= 0.6 is 15.9 Å². The molecular formula is C16H23BrN2O2. The van der Waals surface area contributed by atoms with Gasteiger partial charge in [0, 0.05) is 30.0 Å². The summed E-state index contributed by atoms with van der Waals surface area (Å²) >= 11 is 3.39. The van der Waals surface area contributed by atoms with Gasteiger partial charge in [-0.15, -0.1) is 0 Å². The molecule has 0 aliphatic rings. The highest BCUT2D eigenvalue weighted by molar-refractivity contribution is 9.10. The van der Waals surface area contributed by atoms with Crippen molar-refractivity contribution in [1.29, 1.82) is 0 Å². The zero-order valence-electron chi connectivity index (χ0n) is 13.3. The van der Waals surface area contributed by atoms with E-state index in [1.165, 1.54) is 0 Å². The summed E-state index contributed by atoms with van der Waals surface area (Å²) in [6.07, 6.45) is 8.03. The predicted octanol–water partition coefficient (Wildman–Crippen LogP) is 4.50. The summed E-state index contributed by atoms with van der Waals surface area (Å²) < 4.78 is 6.30. The van der Waals surface area contributed by atoms with Crippen molar-refractivity contribution in [2.75, 3.05) is 7.05 Å². The van der Waals surface area contributed by atoms with Gasteiger partial charge in [0.1, 0.15) is 5.60 Å². The zero-order valence-corrected chi connectivity index (χ0v) is 14.8. The van der Waals surface area contributed by atoms with Gasteiger partial charge in [-0.05, 0) is 61.7 Å². The van der Waals surface area contributed by atoms with Crippen LogP contribution in [0.1, 0.15) is 39.7 Å². The summed E-state index contributed by atoms with van der Waals surface area (Å²) in [4.78, 5) is 17.7. The van der Waals surface area contributed by atoms with Gasteiger partial charge in [-0.2, -0.15) is 0 Å². The normalized spacial score (nSPS) is 13.2. The van der Waals surface area contributed by atoms with Gasteiger partial charge in [-0.1, -0.05) is 12.2 Å². The Morgan fingerprint density at radius 2 is 2.14 bits per heavy atom. The molecule has 0 aliphatic heterocycles. The highest BCUT2D eigenvalue weighted by Crippen LogP contribution is 2.14. The number of halogens is 1. The Morgan fingerprint density at radius 3 is 2.71 bits per heavy atom. The molecule has 0 spiro atoms. The highest BCUT2D eigenvalue weighted by Gasteiger charge is 2.22. The number of carbonyl (C=O) groups is 1. The fourth-order valence-corrected chi connectivity index (χ4v) is 1.98. The monoisotopic (exact) mass is 354 g/mol. The molecule has 1 aromatic rings. The van der Waals surface area contributed by atoms with Crippen molar-refractivity contribution < 1.29 is 9.53 Å². The van der Waals surface area contributed by atoms with Gasteiger partial charge in [0.05, 0.1) is 0 Å². The van der Waals surface area contributed by atoms with Crippen LogP contribution < -0.4 is 0 Å². The van der Waals surface area contributed by atoms with Crippen LogP contribution in [0.5, 0.6) is 0 Å². The largest absolute Gasteiger partial charge is 0.444 e. The second-order valence-corrected chi connectivity index (χ2v) is 6.93. The third-order valence-corrected chi connectivity index (χ3v) is 3.29. The van der Waals surface area contributed by atoms with Crippen molar-refractivity contribution in [3.8, 4) is 0 Å². The van der Waals surface area contributed by atoms with E-state index in [9.17, 15) is 4.79 Å². The maximum absolute atomic E-state index is 11.9. The average Bonchev–Trinajstić information content (AvgIpc) is 2.35. The fourth-order valence-electron chi connectivity index (χ4n) is 1.59. The second-order valence-electron chi connectivity index (χ2n) is 6.01. The van der Waals surface area contributed by atoms with E-state index in [0.717, 1.165) is 16.5 Å². The van der Waals surface area contributed by atoms with Gasteiger partial charge in [0.15, 0.2) is 0 Å². The molecule has 0 bridgehead atoms. The Morgan fingerprint density at radius 1 is 1.48 bits per heavy atom. The quantitative estimate of drug-likeness (QED) is 0.798. The molecular weight excluding hydrogens is 332 g/mol. The smallest absolute Gasteiger partial charge is 0.410 e. The number of pyridine rings is 1. The second kappa shape index (κ2) is 7.59. The van der Waals surface area contributed by atoms with E-state index in [-0.39, 0.29) is 12.1 Å². The lowest BCUT2D eigenvalue weighted by Gasteiger charge is -2.28. The minimum atomic E-state index is -0.469. The molecule has 4 nitrogen and oxygen atoms in total. The SMILES string of the molecule is CC(CC=Cc1cncc(Br)c1)N(C)C(=O)OC(C)(C)C. The first-order valence-corrected chi connectivity index (χ1v) is 7.71. The van der Waals surface area contributed by atoms with Crippen LogP contribution in [0.2, 0.25) is 0 Å². The number of hydrogen-bond donors (Lipinski definition) is 0. The summed E-state index contributed by atoms with van der Waals surface area (Å²) in [6.45, 7) is 7.59. The lowest BCUT2D eigenvalue weighted by Crippen LogP contribution is -2.39. The molecule has 1 heterocycles. The van der Waals surface area contributed by atoms with E-state index in [1.54, 1.807) is 24.3 Å². The summed E-state index contributed by atoms with van der Waals surface area (Å²) in [5, 5.41) is 0. The molecule has 0 N–H and O–H groups in total. The lowest BCUT2D eigenvalue weighted by atomic mass is 10.1. The van der Waals surface area contributed by atoms with Crippen LogP contribution in [0, 0.1) is 0 Å². The van der Waals surface area contributed by atoms with Gasteiger partial charge in [-0.3, -0.25) is 4.98 Å². The van der Waals surface area contributed by atoms with E-state index >= 15 is 0 Å². The van der Waals surface area contributed by atoms with Crippen LogP contribution in [0.4, 0.5) is 4.79 Å². The minimum Gasteiger partial charge on any atom is -0.444 e. The zero-order chi connectivity index (χ0) is 16.0.